The zero-order valence-electron chi connectivity index (χ0n) is 17.0. The predicted octanol–water partition coefficient (Wildman–Crippen LogP) is 4.40. The van der Waals surface area contributed by atoms with E-state index in [-0.39, 0.29) is 11.5 Å². The third-order valence-electron chi connectivity index (χ3n) is 5.38. The van der Waals surface area contributed by atoms with Crippen LogP contribution in [-0.4, -0.2) is 35.2 Å². The van der Waals surface area contributed by atoms with E-state index in [4.69, 9.17) is 4.37 Å². The van der Waals surface area contributed by atoms with Crippen LogP contribution in [0.5, 0.6) is 0 Å². The van der Waals surface area contributed by atoms with Crippen LogP contribution in [0.3, 0.4) is 0 Å². The number of thiazole rings is 1. The number of rotatable bonds is 5. The van der Waals surface area contributed by atoms with Crippen molar-refractivity contribution in [3.05, 3.63) is 64.4 Å². The van der Waals surface area contributed by atoms with Crippen LogP contribution in [0.15, 0.2) is 48.4 Å². The maximum Gasteiger partial charge on any atom is 0.267 e. The van der Waals surface area contributed by atoms with Gasteiger partial charge in [0.2, 0.25) is 0 Å². The summed E-state index contributed by atoms with van der Waals surface area (Å²) in [7, 11) is 0. The van der Waals surface area contributed by atoms with Crippen LogP contribution in [0, 0.1) is 11.3 Å². The lowest BCUT2D eigenvalue weighted by Crippen LogP contribution is -2.13. The molecule has 9 nitrogen and oxygen atoms in total. The molecule has 0 atom stereocenters. The van der Waals surface area contributed by atoms with Gasteiger partial charge in [0.05, 0.1) is 45.7 Å². The Morgan fingerprint density at radius 2 is 2.06 bits per heavy atom. The van der Waals surface area contributed by atoms with Gasteiger partial charge in [-0.1, -0.05) is 12.1 Å². The summed E-state index contributed by atoms with van der Waals surface area (Å²) in [4.78, 5) is 23.8. The Balaban J connectivity index is 1.35. The second-order valence-electron chi connectivity index (χ2n) is 7.53. The number of nitrogens with zero attached hydrogens (tertiary/aromatic N) is 7. The maximum atomic E-state index is 13.2. The van der Waals surface area contributed by atoms with Crippen molar-refractivity contribution in [2.75, 3.05) is 5.32 Å². The van der Waals surface area contributed by atoms with E-state index < -0.39 is 0 Å². The highest BCUT2D eigenvalue weighted by Gasteiger charge is 2.34. The standard InChI is InChI=1S/C22H14N8OS2/c23-9-13-8-14(10-24-21(13)30-26-6-7-27-30)28-22(31)20-17(12-4-5-12)18(29-33-20)15-2-1-3-16-19(15)32-11-25-16/h1-3,6-8,10-12H,4-5H2,(H,28,31). The van der Waals surface area contributed by atoms with Crippen LogP contribution in [0.1, 0.15) is 39.6 Å². The number of hydrogen-bond acceptors (Lipinski definition) is 9. The molecule has 0 saturated heterocycles. The number of anilines is 1. The van der Waals surface area contributed by atoms with E-state index >= 15 is 0 Å². The van der Waals surface area contributed by atoms with E-state index in [1.807, 2.05) is 23.7 Å². The number of carbonyl (C=O) groups excluding carboxylic acids is 1. The van der Waals surface area contributed by atoms with E-state index in [1.54, 1.807) is 17.4 Å². The van der Waals surface area contributed by atoms with E-state index in [1.165, 1.54) is 34.9 Å². The SMILES string of the molecule is N#Cc1cc(NC(=O)c2snc(-c3cccc4ncsc34)c2C2CC2)cnc1-n1nccn1. The van der Waals surface area contributed by atoms with Crippen molar-refractivity contribution in [3.8, 4) is 23.1 Å². The summed E-state index contributed by atoms with van der Waals surface area (Å²) in [5.74, 6) is 0.369. The van der Waals surface area contributed by atoms with Gasteiger partial charge in [-0.05, 0) is 42.4 Å². The molecule has 5 aromatic rings. The van der Waals surface area contributed by atoms with Crippen LogP contribution in [0.2, 0.25) is 0 Å². The Morgan fingerprint density at radius 3 is 2.85 bits per heavy atom. The van der Waals surface area contributed by atoms with Crippen LogP contribution in [-0.2, 0) is 0 Å². The Labute approximate surface area is 195 Å². The van der Waals surface area contributed by atoms with E-state index in [2.05, 4.69) is 31.6 Å². The fourth-order valence-electron chi connectivity index (χ4n) is 3.76. The molecule has 1 N–H and O–H groups in total. The molecule has 1 fully saturated rings. The molecule has 1 aliphatic rings. The van der Waals surface area contributed by atoms with Gasteiger partial charge in [0.25, 0.3) is 5.91 Å². The Morgan fingerprint density at radius 1 is 1.21 bits per heavy atom. The lowest BCUT2D eigenvalue weighted by atomic mass is 10.0. The molecule has 11 heteroatoms. The Bertz CT molecular complexity index is 1540. The van der Waals surface area contributed by atoms with Crippen LogP contribution in [0.4, 0.5) is 5.69 Å². The lowest BCUT2D eigenvalue weighted by Gasteiger charge is -2.08. The third kappa shape index (κ3) is 3.45. The fraction of sp³-hybridized carbons (Fsp3) is 0.136. The van der Waals surface area contributed by atoms with Crippen molar-refractivity contribution in [2.24, 2.45) is 0 Å². The number of nitrogens with one attached hydrogen (secondary N) is 1. The first-order valence-electron chi connectivity index (χ1n) is 10.1. The van der Waals surface area contributed by atoms with Gasteiger partial charge in [-0.3, -0.25) is 4.79 Å². The van der Waals surface area contributed by atoms with Crippen LogP contribution >= 0.6 is 22.9 Å². The monoisotopic (exact) mass is 470 g/mol. The largest absolute Gasteiger partial charge is 0.320 e. The summed E-state index contributed by atoms with van der Waals surface area (Å²) in [6.07, 6.45) is 6.58. The second-order valence-corrected chi connectivity index (χ2v) is 9.16. The molecule has 1 aromatic carbocycles. The fourth-order valence-corrected chi connectivity index (χ4v) is 5.44. The van der Waals surface area contributed by atoms with E-state index in [0.29, 0.717) is 22.3 Å². The van der Waals surface area contributed by atoms with Gasteiger partial charge in [-0.25, -0.2) is 9.97 Å². The highest BCUT2D eigenvalue weighted by Crippen LogP contribution is 2.48. The first-order valence-corrected chi connectivity index (χ1v) is 11.8. The minimum absolute atomic E-state index is 0.257. The molecule has 4 heterocycles. The van der Waals surface area contributed by atoms with Gasteiger partial charge in [-0.15, -0.1) is 16.1 Å². The molecule has 0 aliphatic heterocycles. The molecule has 0 radical (unpaired) electrons. The smallest absolute Gasteiger partial charge is 0.267 e. The molecular weight excluding hydrogens is 456 g/mol. The number of carbonyl (C=O) groups is 1. The highest BCUT2D eigenvalue weighted by atomic mass is 32.1. The maximum absolute atomic E-state index is 13.2. The number of fused-ring (bicyclic) bond motifs is 1. The van der Waals surface area contributed by atoms with Crippen molar-refractivity contribution in [1.29, 1.82) is 5.26 Å². The molecule has 33 heavy (non-hydrogen) atoms. The van der Waals surface area contributed by atoms with E-state index in [9.17, 15) is 10.1 Å². The minimum atomic E-state index is -0.257. The molecule has 0 bridgehead atoms. The van der Waals surface area contributed by atoms with Crippen LogP contribution < -0.4 is 5.32 Å². The van der Waals surface area contributed by atoms with E-state index in [0.717, 1.165) is 39.9 Å². The number of benzene rings is 1. The van der Waals surface area contributed by atoms with Gasteiger partial charge in [0.1, 0.15) is 16.5 Å². The average molecular weight is 471 g/mol. The molecular formula is C22H14N8OS2. The molecule has 1 amide bonds. The second kappa shape index (κ2) is 7.84. The van der Waals surface area contributed by atoms with Gasteiger partial charge in [0, 0.05) is 11.1 Å². The van der Waals surface area contributed by atoms with Gasteiger partial charge < -0.3 is 5.32 Å². The quantitative estimate of drug-likeness (QED) is 0.404. The number of pyridine rings is 1. The normalized spacial score (nSPS) is 13.2. The first kappa shape index (κ1) is 19.7. The summed E-state index contributed by atoms with van der Waals surface area (Å²) in [6.45, 7) is 0. The van der Waals surface area contributed by atoms with Crippen molar-refractivity contribution < 1.29 is 4.79 Å². The van der Waals surface area contributed by atoms with Gasteiger partial charge in [-0.2, -0.15) is 19.8 Å². The summed E-state index contributed by atoms with van der Waals surface area (Å²) in [5.41, 5.74) is 6.30. The average Bonchev–Trinajstić information content (AvgIpc) is 3.25. The highest BCUT2D eigenvalue weighted by molar-refractivity contribution is 7.17. The predicted molar refractivity (Wildman–Crippen MR) is 125 cm³/mol. The van der Waals surface area contributed by atoms with Crippen molar-refractivity contribution in [2.45, 2.75) is 18.8 Å². The molecule has 4 aromatic heterocycles. The summed E-state index contributed by atoms with van der Waals surface area (Å²) in [6, 6.07) is 9.64. The topological polar surface area (TPSA) is 122 Å². The van der Waals surface area contributed by atoms with Crippen molar-refractivity contribution in [1.82, 2.24) is 29.3 Å². The minimum Gasteiger partial charge on any atom is -0.320 e. The third-order valence-corrected chi connectivity index (χ3v) is 7.12. The summed E-state index contributed by atoms with van der Waals surface area (Å²) in [5, 5.41) is 20.4. The van der Waals surface area contributed by atoms with Crippen molar-refractivity contribution in [3.63, 3.8) is 0 Å². The molecule has 160 valence electrons. The van der Waals surface area contributed by atoms with Crippen molar-refractivity contribution >= 4 is 44.7 Å². The molecule has 0 spiro atoms. The molecule has 0 unspecified atom stereocenters. The summed E-state index contributed by atoms with van der Waals surface area (Å²) < 4.78 is 5.77. The summed E-state index contributed by atoms with van der Waals surface area (Å²) >= 11 is 2.78. The number of aromatic nitrogens is 6. The lowest BCUT2D eigenvalue weighted by molar-refractivity contribution is 0.102. The molecule has 1 saturated carbocycles. The van der Waals surface area contributed by atoms with Gasteiger partial charge >= 0.3 is 0 Å². The number of amides is 1. The zero-order chi connectivity index (χ0) is 22.4. The number of nitriles is 1. The molecule has 6 rings (SSSR count). The first-order chi connectivity index (χ1) is 16.2. The Kier molecular flexibility index (Phi) is 4.67. The van der Waals surface area contributed by atoms with Gasteiger partial charge in [0.15, 0.2) is 5.82 Å². The number of hydrogen-bond donors (Lipinski definition) is 1. The van der Waals surface area contributed by atoms with Crippen LogP contribution in [0.25, 0.3) is 27.3 Å². The molecule has 1 aliphatic carbocycles. The Hall–Kier alpha value is -4.01. The zero-order valence-corrected chi connectivity index (χ0v) is 18.6.